The zero-order chi connectivity index (χ0) is 14.9. The number of benzene rings is 1. The van der Waals surface area contributed by atoms with Crippen LogP contribution in [-0.4, -0.2) is 41.2 Å². The first-order chi connectivity index (χ1) is 10.1. The molecule has 0 radical (unpaired) electrons. The molecule has 112 valence electrons. The molecule has 0 N–H and O–H groups in total. The van der Waals surface area contributed by atoms with Crippen molar-refractivity contribution in [3.63, 3.8) is 0 Å². The summed E-state index contributed by atoms with van der Waals surface area (Å²) in [5.41, 5.74) is 0.901. The molecule has 0 saturated carbocycles. The number of carbonyl (C=O) groups excluding carboxylic acids is 2. The van der Waals surface area contributed by atoms with Crippen LogP contribution in [0.1, 0.15) is 31.7 Å². The van der Waals surface area contributed by atoms with Crippen LogP contribution in [0.3, 0.4) is 0 Å². The summed E-state index contributed by atoms with van der Waals surface area (Å²) in [5.74, 6) is 0.0772. The average Bonchev–Trinajstić information content (AvgIpc) is 2.73. The van der Waals surface area contributed by atoms with Crippen molar-refractivity contribution in [1.82, 2.24) is 9.80 Å². The molecule has 0 aliphatic carbocycles. The molecule has 0 unspecified atom stereocenters. The van der Waals surface area contributed by atoms with Crippen molar-refractivity contribution < 1.29 is 9.59 Å². The van der Waals surface area contributed by atoms with Gasteiger partial charge in [0.15, 0.2) is 0 Å². The lowest BCUT2D eigenvalue weighted by molar-refractivity contribution is -0.142. The highest BCUT2D eigenvalue weighted by Crippen LogP contribution is 2.42. The number of piperidine rings is 1. The Bertz CT molecular complexity index is 533. The van der Waals surface area contributed by atoms with E-state index in [2.05, 4.69) is 29.2 Å². The first kappa shape index (κ1) is 14.3. The van der Waals surface area contributed by atoms with Gasteiger partial charge in [-0.3, -0.25) is 19.4 Å². The molecule has 2 amide bonds. The van der Waals surface area contributed by atoms with Gasteiger partial charge >= 0.3 is 0 Å². The second-order valence-corrected chi connectivity index (χ2v) is 6.16. The van der Waals surface area contributed by atoms with Crippen molar-refractivity contribution in [2.45, 2.75) is 32.7 Å². The fourth-order valence-electron chi connectivity index (χ4n) is 3.55. The van der Waals surface area contributed by atoms with E-state index in [1.165, 1.54) is 10.5 Å². The smallest absolute Gasteiger partial charge is 0.235 e. The van der Waals surface area contributed by atoms with E-state index in [4.69, 9.17) is 0 Å². The van der Waals surface area contributed by atoms with Crippen LogP contribution < -0.4 is 0 Å². The standard InChI is InChI=1S/C17H22N2O2/c1-2-19-15(20)12-17(16(19)21)8-10-18(11-9-17)13-14-6-4-3-5-7-14/h3-7H,2,8-13H2,1H3. The number of likely N-dealkylation sites (tertiary alicyclic amines) is 2. The fourth-order valence-corrected chi connectivity index (χ4v) is 3.55. The summed E-state index contributed by atoms with van der Waals surface area (Å²) in [6.45, 7) is 5.10. The van der Waals surface area contributed by atoms with Crippen LogP contribution in [-0.2, 0) is 16.1 Å². The fraction of sp³-hybridized carbons (Fsp3) is 0.529. The third-order valence-electron chi connectivity index (χ3n) is 4.87. The minimum absolute atomic E-state index is 0.0130. The van der Waals surface area contributed by atoms with Gasteiger partial charge in [0.1, 0.15) is 0 Å². The monoisotopic (exact) mass is 286 g/mol. The quantitative estimate of drug-likeness (QED) is 0.799. The topological polar surface area (TPSA) is 40.6 Å². The van der Waals surface area contributed by atoms with Gasteiger partial charge in [0.25, 0.3) is 0 Å². The normalized spacial score (nSPS) is 22.2. The van der Waals surface area contributed by atoms with E-state index in [0.717, 1.165) is 32.5 Å². The molecule has 1 aromatic carbocycles. The van der Waals surface area contributed by atoms with Gasteiger partial charge in [-0.05, 0) is 38.4 Å². The summed E-state index contributed by atoms with van der Waals surface area (Å²) in [6.07, 6.45) is 2.03. The molecule has 1 spiro atoms. The third kappa shape index (κ3) is 2.60. The van der Waals surface area contributed by atoms with Crippen LogP contribution in [0.2, 0.25) is 0 Å². The summed E-state index contributed by atoms with van der Waals surface area (Å²) in [5, 5.41) is 0. The van der Waals surface area contributed by atoms with Crippen LogP contribution in [0.15, 0.2) is 30.3 Å². The molecule has 0 aromatic heterocycles. The van der Waals surface area contributed by atoms with E-state index >= 15 is 0 Å². The van der Waals surface area contributed by atoms with E-state index in [1.807, 2.05) is 13.0 Å². The molecule has 4 heteroatoms. The highest BCUT2D eigenvalue weighted by atomic mass is 16.2. The molecule has 0 atom stereocenters. The number of hydrogen-bond donors (Lipinski definition) is 0. The zero-order valence-corrected chi connectivity index (χ0v) is 12.5. The highest BCUT2D eigenvalue weighted by molar-refractivity contribution is 6.05. The largest absolute Gasteiger partial charge is 0.299 e. The molecule has 2 saturated heterocycles. The summed E-state index contributed by atoms with van der Waals surface area (Å²) in [7, 11) is 0. The van der Waals surface area contributed by atoms with Gasteiger partial charge in [-0.2, -0.15) is 0 Å². The summed E-state index contributed by atoms with van der Waals surface area (Å²) >= 11 is 0. The Kier molecular flexibility index (Phi) is 3.81. The summed E-state index contributed by atoms with van der Waals surface area (Å²) < 4.78 is 0. The van der Waals surface area contributed by atoms with Crippen LogP contribution >= 0.6 is 0 Å². The number of hydrogen-bond acceptors (Lipinski definition) is 3. The average molecular weight is 286 g/mol. The molecule has 21 heavy (non-hydrogen) atoms. The Hall–Kier alpha value is -1.68. The van der Waals surface area contributed by atoms with Crippen molar-refractivity contribution in [2.75, 3.05) is 19.6 Å². The lowest BCUT2D eigenvalue weighted by atomic mass is 9.77. The number of amides is 2. The molecule has 2 aliphatic rings. The lowest BCUT2D eigenvalue weighted by Gasteiger charge is -2.37. The molecule has 0 bridgehead atoms. The molecule has 2 heterocycles. The van der Waals surface area contributed by atoms with E-state index in [1.54, 1.807) is 0 Å². The Morgan fingerprint density at radius 1 is 1.10 bits per heavy atom. The van der Waals surface area contributed by atoms with Crippen LogP contribution in [0.25, 0.3) is 0 Å². The van der Waals surface area contributed by atoms with Gasteiger partial charge in [-0.15, -0.1) is 0 Å². The van der Waals surface area contributed by atoms with Crippen molar-refractivity contribution in [3.8, 4) is 0 Å². The maximum absolute atomic E-state index is 12.5. The maximum atomic E-state index is 12.5. The van der Waals surface area contributed by atoms with Gasteiger partial charge in [-0.25, -0.2) is 0 Å². The second-order valence-electron chi connectivity index (χ2n) is 6.16. The first-order valence-electron chi connectivity index (χ1n) is 7.76. The Morgan fingerprint density at radius 3 is 2.33 bits per heavy atom. The van der Waals surface area contributed by atoms with Crippen molar-refractivity contribution >= 4 is 11.8 Å². The predicted octanol–water partition coefficient (Wildman–Crippen LogP) is 2.05. The molecule has 2 fully saturated rings. The minimum Gasteiger partial charge on any atom is -0.299 e. The third-order valence-corrected chi connectivity index (χ3v) is 4.87. The highest BCUT2D eigenvalue weighted by Gasteiger charge is 2.51. The van der Waals surface area contributed by atoms with E-state index < -0.39 is 5.41 Å². The maximum Gasteiger partial charge on any atom is 0.235 e. The number of rotatable bonds is 3. The first-order valence-corrected chi connectivity index (χ1v) is 7.76. The van der Waals surface area contributed by atoms with Gasteiger partial charge in [0, 0.05) is 19.5 Å². The van der Waals surface area contributed by atoms with Crippen molar-refractivity contribution in [3.05, 3.63) is 35.9 Å². The van der Waals surface area contributed by atoms with Crippen molar-refractivity contribution in [2.24, 2.45) is 5.41 Å². The molecule has 2 aliphatic heterocycles. The summed E-state index contributed by atoms with van der Waals surface area (Å²) in [6, 6.07) is 10.4. The van der Waals surface area contributed by atoms with E-state index in [-0.39, 0.29) is 11.8 Å². The number of carbonyl (C=O) groups is 2. The Labute approximate surface area is 125 Å². The zero-order valence-electron chi connectivity index (χ0n) is 12.5. The van der Waals surface area contributed by atoms with Crippen molar-refractivity contribution in [1.29, 1.82) is 0 Å². The summed E-state index contributed by atoms with van der Waals surface area (Å²) in [4.78, 5) is 28.2. The van der Waals surface area contributed by atoms with E-state index in [0.29, 0.717) is 13.0 Å². The van der Waals surface area contributed by atoms with Gasteiger partial charge < -0.3 is 0 Å². The SMILES string of the molecule is CCN1C(=O)CC2(CCN(Cc3ccccc3)CC2)C1=O. The van der Waals surface area contributed by atoms with Crippen LogP contribution in [0.4, 0.5) is 0 Å². The lowest BCUT2D eigenvalue weighted by Crippen LogP contribution is -2.44. The molecular formula is C17H22N2O2. The van der Waals surface area contributed by atoms with Crippen LogP contribution in [0, 0.1) is 5.41 Å². The minimum atomic E-state index is -0.402. The molecule has 4 nitrogen and oxygen atoms in total. The molecule has 3 rings (SSSR count). The molecule has 1 aromatic rings. The van der Waals surface area contributed by atoms with Gasteiger partial charge in [0.05, 0.1) is 5.41 Å². The second kappa shape index (κ2) is 5.60. The number of nitrogens with zero attached hydrogens (tertiary/aromatic N) is 2. The Morgan fingerprint density at radius 2 is 1.76 bits per heavy atom. The van der Waals surface area contributed by atoms with Gasteiger partial charge in [0.2, 0.25) is 11.8 Å². The molecular weight excluding hydrogens is 264 g/mol. The van der Waals surface area contributed by atoms with E-state index in [9.17, 15) is 9.59 Å². The Balaban J connectivity index is 1.63. The predicted molar refractivity (Wildman–Crippen MR) is 80.4 cm³/mol. The van der Waals surface area contributed by atoms with Crippen LogP contribution in [0.5, 0.6) is 0 Å². The van der Waals surface area contributed by atoms with Gasteiger partial charge in [-0.1, -0.05) is 30.3 Å². The number of imide groups is 1.